The second-order valence-corrected chi connectivity index (χ2v) is 23.8. The fourth-order valence-corrected chi connectivity index (χ4v) is 10.7. The highest BCUT2D eigenvalue weighted by molar-refractivity contribution is 7.82. The maximum Gasteiger partial charge on any atom is 0.397 e. The van der Waals surface area contributed by atoms with Gasteiger partial charge in [-0.25, -0.2) is 34.7 Å². The van der Waals surface area contributed by atoms with Crippen molar-refractivity contribution in [2.24, 2.45) is 17.2 Å². The third kappa shape index (κ3) is 19.0. The molecule has 0 saturated carbocycles. The smallest absolute Gasteiger partial charge is 0.397 e. The molecule has 0 bridgehead atoms. The first kappa shape index (κ1) is 70.2. The quantitative estimate of drug-likeness (QED) is 0.0377. The summed E-state index contributed by atoms with van der Waals surface area (Å²) < 4.78 is 271. The van der Waals surface area contributed by atoms with Crippen LogP contribution >= 0.6 is 0 Å². The van der Waals surface area contributed by atoms with Crippen LogP contribution in [0.25, 0.3) is 0 Å². The summed E-state index contributed by atoms with van der Waals surface area (Å²) in [5.74, 6) is -4.52. The Kier molecular flexibility index (Phi) is 23.0. The first-order valence-electron chi connectivity index (χ1n) is 21.8. The van der Waals surface area contributed by atoms with Gasteiger partial charge in [-0.15, -0.1) is 0 Å². The molecule has 0 aromatic heterocycles. The second kappa shape index (κ2) is 26.8. The van der Waals surface area contributed by atoms with Gasteiger partial charge in [-0.05, 0) is 0 Å². The Bertz CT molecular complexity index is 2920. The molecule has 480 valence electrons. The lowest BCUT2D eigenvalue weighted by Gasteiger charge is -2.50. The summed E-state index contributed by atoms with van der Waals surface area (Å²) in [6, 6.07) is -6.77. The summed E-state index contributed by atoms with van der Waals surface area (Å²) in [6.07, 6.45) is -57.5. The van der Waals surface area contributed by atoms with Crippen LogP contribution in [0.2, 0.25) is 0 Å². The Hall–Kier alpha value is -2.56. The van der Waals surface area contributed by atoms with Crippen LogP contribution in [0.4, 0.5) is 0 Å². The molecule has 5 rings (SSSR count). The second-order valence-electron chi connectivity index (χ2n) is 17.4. The molecule has 5 saturated heterocycles. The topological polar surface area (TPSA) is 739 Å². The number of carboxylic acids is 2. The van der Waals surface area contributed by atoms with E-state index in [4.69, 9.17) is 68.9 Å². The van der Waals surface area contributed by atoms with E-state index in [1.54, 1.807) is 0 Å². The largest absolute Gasteiger partial charge is 0.479 e. The number of carboxylic acid groups (broad SMARTS) is 2. The molecule has 25 atom stereocenters. The van der Waals surface area contributed by atoms with Gasteiger partial charge in [-0.2, -0.15) is 50.5 Å². The van der Waals surface area contributed by atoms with Crippen LogP contribution in [0.1, 0.15) is 0 Å². The predicted octanol–water partition coefficient (Wildman–Crippen LogP) is -12.9. The van der Waals surface area contributed by atoms with Gasteiger partial charge < -0.3 is 101 Å². The summed E-state index contributed by atoms with van der Waals surface area (Å²) in [7, 11) is -34.0. The van der Waals surface area contributed by atoms with E-state index < -0.39 is 247 Å². The molecule has 5 aliphatic rings. The van der Waals surface area contributed by atoms with Gasteiger partial charge in [-0.3, -0.25) is 27.3 Å². The molecule has 20 N–H and O–H groups in total. The van der Waals surface area contributed by atoms with Crippen LogP contribution in [-0.2, 0) is 140 Å². The summed E-state index contributed by atoms with van der Waals surface area (Å²) in [4.78, 5) is 25.4. The number of aliphatic hydroxyl groups is 6. The van der Waals surface area contributed by atoms with Crippen molar-refractivity contribution in [2.45, 2.75) is 153 Å². The molecule has 82 heavy (non-hydrogen) atoms. The van der Waals surface area contributed by atoms with E-state index in [1.165, 1.54) is 0 Å². The number of nitrogens with two attached hydrogens (primary N) is 3. The maximum absolute atomic E-state index is 12.8. The van der Waals surface area contributed by atoms with Crippen molar-refractivity contribution >= 4 is 74.3 Å². The van der Waals surface area contributed by atoms with Gasteiger partial charge in [0, 0.05) is 0 Å². The third-order valence-electron chi connectivity index (χ3n) is 11.7. The Morgan fingerprint density at radius 2 is 0.720 bits per heavy atom. The van der Waals surface area contributed by atoms with Gasteiger partial charge in [0.2, 0.25) is 0 Å². The molecule has 0 radical (unpaired) electrons. The van der Waals surface area contributed by atoms with E-state index in [2.05, 4.69) is 25.1 Å². The maximum atomic E-state index is 12.8. The van der Waals surface area contributed by atoms with Crippen molar-refractivity contribution < 1.29 is 196 Å². The Morgan fingerprint density at radius 1 is 0.354 bits per heavy atom. The number of ether oxygens (including phenoxy) is 9. The molecule has 0 unspecified atom stereocenters. The zero-order chi connectivity index (χ0) is 62.3. The molecule has 5 heterocycles. The van der Waals surface area contributed by atoms with Crippen molar-refractivity contribution in [2.75, 3.05) is 19.8 Å². The zero-order valence-corrected chi connectivity index (χ0v) is 44.7. The zero-order valence-electron chi connectivity index (χ0n) is 39.8. The van der Waals surface area contributed by atoms with Crippen LogP contribution in [0.3, 0.4) is 0 Å². The highest BCUT2D eigenvalue weighted by Crippen LogP contribution is 2.38. The minimum absolute atomic E-state index is 1.39. The fraction of sp³-hybridized carbons (Fsp3) is 0.933. The molecule has 0 amide bonds. The minimum Gasteiger partial charge on any atom is -0.479 e. The number of hydrogen-bond acceptors (Lipinski definition) is 38. The number of rotatable bonds is 25. The van der Waals surface area contributed by atoms with Crippen molar-refractivity contribution in [3.63, 3.8) is 0 Å². The van der Waals surface area contributed by atoms with E-state index in [0.29, 0.717) is 0 Å². The van der Waals surface area contributed by atoms with Gasteiger partial charge in [0.25, 0.3) is 0 Å². The molecule has 0 spiro atoms. The Morgan fingerprint density at radius 3 is 1.17 bits per heavy atom. The highest BCUT2D eigenvalue weighted by atomic mass is 32.3. The van der Waals surface area contributed by atoms with E-state index in [-0.39, 0.29) is 0 Å². The van der Waals surface area contributed by atoms with Crippen LogP contribution in [0.5, 0.6) is 0 Å². The van der Waals surface area contributed by atoms with Gasteiger partial charge in [-0.1, -0.05) is 0 Å². The summed E-state index contributed by atoms with van der Waals surface area (Å²) >= 11 is 0. The van der Waals surface area contributed by atoms with Crippen LogP contribution in [0, 0.1) is 0 Å². The fourth-order valence-electron chi connectivity index (χ4n) is 8.23. The SMILES string of the molecule is N[C@@H]1[C@@H](O)[C@H](O[C@@H]2O[C@@H](C(=O)O)[C@@H](O[C@H]3O[C@H](COS(=O)(=O)O)[C@@H](O[C@@H]4O[C@H](C(=O)O)[C@@H](O[C@H]5O[C@H](COS(=O)(=O)O)[C@@H](O)[C@H](OS(=O)(=O)O)[C@H]5N)[C@H](O)[C@H]4O)[C@H](OS(=O)(=O)O)[C@H]3N)[C@H](O)[C@H]2OS(=O)(=O)O)[C@@H](COS(=O)(=O)O)O[C@@H]1O. The highest BCUT2D eigenvalue weighted by Gasteiger charge is 2.60. The average molecular weight is 1330 g/mol. The summed E-state index contributed by atoms with van der Waals surface area (Å²) in [6.45, 7) is -4.59. The minimum atomic E-state index is -6.00. The standard InChI is InChI=1S/C30H51N3O43S6/c31-7-11(35)15(5(65-26(7)43)2-63-78(47,48)49)68-30-21(76-82(59,60)61)14(38)20(23(73-30)25(41)42)71-28-9(33)18(75-81(56,57)58)16(6(67-28)3-64-79(50,51)52)69-29-13(37)12(36)19(22(72-29)24(39)40)70-27-8(32)17(74-80(53,54)55)10(34)4(66-27)1-62-77(44,45)46/h4-23,26-30,34-38,43H,1-3,31-33H2,(H,39,40)(H,41,42)(H,44,45,46)(H,47,48,49)(H,50,51,52)(H,53,54,55)(H,56,57,58)(H,59,60,61)/t4-,5-,6-,7-,8-,9-,10-,11-,12-,13-,14+,15-,16-,17-,18-,19+,20+,21-,22+,23-,26+,27-,28-,29-,30-/m1/s1. The predicted molar refractivity (Wildman–Crippen MR) is 236 cm³/mol. The van der Waals surface area contributed by atoms with E-state index >= 15 is 0 Å². The van der Waals surface area contributed by atoms with Crippen molar-refractivity contribution in [3.05, 3.63) is 0 Å². The number of aliphatic carboxylic acids is 2. The van der Waals surface area contributed by atoms with Crippen LogP contribution in [-0.4, -0.2) is 304 Å². The summed E-state index contributed by atoms with van der Waals surface area (Å²) in [5, 5.41) is 86.2. The number of aliphatic hydroxyl groups excluding tert-OH is 6. The third-order valence-corrected chi connectivity index (χ3v) is 14.4. The van der Waals surface area contributed by atoms with E-state index in [1.807, 2.05) is 0 Å². The Balaban J connectivity index is 1.49. The molecule has 0 aromatic carbocycles. The van der Waals surface area contributed by atoms with E-state index in [9.17, 15) is 119 Å². The molecular formula is C30H51N3O43S6. The van der Waals surface area contributed by atoms with Crippen LogP contribution < -0.4 is 17.2 Å². The first-order chi connectivity index (χ1) is 37.3. The average Bonchev–Trinajstić information content (AvgIpc) is 3.52. The van der Waals surface area contributed by atoms with Gasteiger partial charge >= 0.3 is 74.3 Å². The van der Waals surface area contributed by atoms with Crippen LogP contribution in [0.15, 0.2) is 0 Å². The molecule has 5 fully saturated rings. The monoisotopic (exact) mass is 1330 g/mol. The normalized spacial score (nSPS) is 41.2. The molecule has 5 aliphatic heterocycles. The van der Waals surface area contributed by atoms with Crippen molar-refractivity contribution in [1.82, 2.24) is 0 Å². The van der Waals surface area contributed by atoms with E-state index in [0.717, 1.165) is 0 Å². The molecule has 0 aromatic rings. The molecule has 52 heteroatoms. The molecule has 0 aliphatic carbocycles. The number of carbonyl (C=O) groups is 2. The lowest BCUT2D eigenvalue weighted by atomic mass is 9.94. The lowest BCUT2D eigenvalue weighted by Crippen LogP contribution is -2.70. The van der Waals surface area contributed by atoms with Crippen molar-refractivity contribution in [3.8, 4) is 0 Å². The lowest BCUT2D eigenvalue weighted by molar-refractivity contribution is -0.371. The Labute approximate surface area is 459 Å². The first-order valence-corrected chi connectivity index (χ1v) is 30.0. The molecule has 46 nitrogen and oxygen atoms in total. The van der Waals surface area contributed by atoms with Gasteiger partial charge in [0.1, 0.15) is 85.5 Å². The van der Waals surface area contributed by atoms with Gasteiger partial charge in [0.05, 0.1) is 37.9 Å². The molecular weight excluding hydrogens is 1280 g/mol. The van der Waals surface area contributed by atoms with Gasteiger partial charge in [0.15, 0.2) is 49.8 Å². The van der Waals surface area contributed by atoms with Crippen molar-refractivity contribution in [1.29, 1.82) is 0 Å². The summed E-state index contributed by atoms with van der Waals surface area (Å²) in [5.41, 5.74) is 17.7. The number of hydrogen-bond donors (Lipinski definition) is 17.